The second-order valence-electron chi connectivity index (χ2n) is 5.07. The zero-order chi connectivity index (χ0) is 16.1. The summed E-state index contributed by atoms with van der Waals surface area (Å²) < 4.78 is 0. The van der Waals surface area contributed by atoms with Crippen LogP contribution in [0, 0.1) is 0 Å². The minimum atomic E-state index is -0.106. The molecule has 116 valence electrons. The van der Waals surface area contributed by atoms with E-state index >= 15 is 0 Å². The molecule has 5 heteroatoms. The third-order valence-electron chi connectivity index (χ3n) is 3.46. The molecule has 2 aromatic carbocycles. The first-order chi connectivity index (χ1) is 11.2. The van der Waals surface area contributed by atoms with Crippen molar-refractivity contribution in [3.8, 4) is 17.0 Å². The molecule has 0 atom stereocenters. The van der Waals surface area contributed by atoms with Crippen LogP contribution in [0.15, 0.2) is 60.1 Å². The fraction of sp³-hybridized carbons (Fsp3) is 0.111. The van der Waals surface area contributed by atoms with Crippen molar-refractivity contribution in [1.82, 2.24) is 10.3 Å². The monoisotopic (exact) mass is 324 g/mol. The molecule has 0 saturated carbocycles. The number of aromatic hydroxyl groups is 1. The minimum absolute atomic E-state index is 0.106. The molecule has 0 fully saturated rings. The number of hydrogen-bond acceptors (Lipinski definition) is 4. The van der Waals surface area contributed by atoms with E-state index < -0.39 is 0 Å². The summed E-state index contributed by atoms with van der Waals surface area (Å²) in [6.45, 7) is 0.537. The third-order valence-corrected chi connectivity index (χ3v) is 4.28. The van der Waals surface area contributed by atoms with Crippen LogP contribution in [0.3, 0.4) is 0 Å². The topological polar surface area (TPSA) is 62.2 Å². The normalized spacial score (nSPS) is 10.4. The van der Waals surface area contributed by atoms with Gasteiger partial charge in [0.25, 0.3) is 5.91 Å². The number of nitrogens with zero attached hydrogens (tertiary/aromatic N) is 1. The number of phenols is 1. The molecule has 2 N–H and O–H groups in total. The van der Waals surface area contributed by atoms with Crippen molar-refractivity contribution in [1.29, 1.82) is 0 Å². The number of carbonyl (C=O) groups is 1. The number of hydrogen-bond donors (Lipinski definition) is 2. The minimum Gasteiger partial charge on any atom is -0.508 e. The van der Waals surface area contributed by atoms with E-state index in [0.717, 1.165) is 16.8 Å². The smallest absolute Gasteiger partial charge is 0.263 e. The van der Waals surface area contributed by atoms with Crippen LogP contribution in [0.2, 0.25) is 0 Å². The molecule has 4 nitrogen and oxygen atoms in total. The highest BCUT2D eigenvalue weighted by atomic mass is 32.1. The van der Waals surface area contributed by atoms with Crippen molar-refractivity contribution in [2.45, 2.75) is 6.42 Å². The van der Waals surface area contributed by atoms with Gasteiger partial charge in [-0.05, 0) is 24.1 Å². The Morgan fingerprint density at radius 3 is 2.57 bits per heavy atom. The Hall–Kier alpha value is -2.66. The maximum absolute atomic E-state index is 12.4. The number of carbonyl (C=O) groups excluding carboxylic acids is 1. The highest BCUT2D eigenvalue weighted by Crippen LogP contribution is 2.25. The number of aromatic nitrogens is 1. The Bertz CT molecular complexity index is 782. The highest BCUT2D eigenvalue weighted by Gasteiger charge is 2.15. The van der Waals surface area contributed by atoms with Gasteiger partial charge in [-0.2, -0.15) is 0 Å². The molecule has 1 aromatic heterocycles. The van der Waals surface area contributed by atoms with Crippen molar-refractivity contribution in [2.24, 2.45) is 0 Å². The van der Waals surface area contributed by atoms with E-state index in [0.29, 0.717) is 17.8 Å². The summed E-state index contributed by atoms with van der Waals surface area (Å²) in [6.07, 6.45) is 0.714. The molecule has 0 unspecified atom stereocenters. The maximum Gasteiger partial charge on any atom is 0.263 e. The van der Waals surface area contributed by atoms with E-state index in [1.165, 1.54) is 11.3 Å². The number of nitrogens with one attached hydrogen (secondary N) is 1. The van der Waals surface area contributed by atoms with Gasteiger partial charge in [0, 0.05) is 12.1 Å². The second kappa shape index (κ2) is 7.07. The average Bonchev–Trinajstić information content (AvgIpc) is 3.07. The standard InChI is InChI=1S/C18H16N2O2S/c21-15-8-6-13(7-9-15)10-11-19-18(22)17-16(20-12-23-17)14-4-2-1-3-5-14/h1-9,12,21H,10-11H2,(H,19,22). The summed E-state index contributed by atoms with van der Waals surface area (Å²) in [5.41, 5.74) is 4.42. The summed E-state index contributed by atoms with van der Waals surface area (Å²) in [5.74, 6) is 0.139. The van der Waals surface area contributed by atoms with Crippen molar-refractivity contribution in [3.05, 3.63) is 70.5 Å². The number of rotatable bonds is 5. The molecule has 0 saturated heterocycles. The zero-order valence-electron chi connectivity index (χ0n) is 12.4. The Kier molecular flexibility index (Phi) is 4.68. The van der Waals surface area contributed by atoms with E-state index in [1.54, 1.807) is 17.6 Å². The quantitative estimate of drug-likeness (QED) is 0.755. The lowest BCUT2D eigenvalue weighted by Crippen LogP contribution is -2.25. The van der Waals surface area contributed by atoms with Crippen LogP contribution in [0.5, 0.6) is 5.75 Å². The molecular formula is C18H16N2O2S. The first kappa shape index (κ1) is 15.2. The molecule has 1 amide bonds. The van der Waals surface area contributed by atoms with Crippen molar-refractivity contribution in [3.63, 3.8) is 0 Å². The van der Waals surface area contributed by atoms with Gasteiger partial charge in [-0.1, -0.05) is 42.5 Å². The van der Waals surface area contributed by atoms with Crippen LogP contribution in [0.4, 0.5) is 0 Å². The molecule has 0 radical (unpaired) electrons. The SMILES string of the molecule is O=C(NCCc1ccc(O)cc1)c1scnc1-c1ccccc1. The summed E-state index contributed by atoms with van der Waals surface area (Å²) in [5, 5.41) is 12.2. The zero-order valence-corrected chi connectivity index (χ0v) is 13.2. The van der Waals surface area contributed by atoms with Gasteiger partial charge in [-0.15, -0.1) is 11.3 Å². The second-order valence-corrected chi connectivity index (χ2v) is 5.92. The molecule has 0 aliphatic carbocycles. The number of amides is 1. The molecule has 0 spiro atoms. The van der Waals surface area contributed by atoms with E-state index in [9.17, 15) is 9.90 Å². The van der Waals surface area contributed by atoms with Crippen LogP contribution in [0.1, 0.15) is 15.2 Å². The summed E-state index contributed by atoms with van der Waals surface area (Å²) >= 11 is 1.34. The van der Waals surface area contributed by atoms with Crippen LogP contribution in [0.25, 0.3) is 11.3 Å². The lowest BCUT2D eigenvalue weighted by molar-refractivity contribution is 0.0958. The van der Waals surface area contributed by atoms with Crippen LogP contribution in [-0.2, 0) is 6.42 Å². The Morgan fingerprint density at radius 1 is 1.09 bits per heavy atom. The molecular weight excluding hydrogens is 308 g/mol. The van der Waals surface area contributed by atoms with Crippen LogP contribution >= 0.6 is 11.3 Å². The van der Waals surface area contributed by atoms with E-state index in [1.807, 2.05) is 42.5 Å². The lowest BCUT2D eigenvalue weighted by atomic mass is 10.1. The van der Waals surface area contributed by atoms with E-state index in [2.05, 4.69) is 10.3 Å². The summed E-state index contributed by atoms with van der Waals surface area (Å²) in [4.78, 5) is 17.3. The number of phenolic OH excluding ortho intramolecular Hbond substituents is 1. The first-order valence-corrected chi connectivity index (χ1v) is 8.17. The summed E-state index contributed by atoms with van der Waals surface area (Å²) in [6, 6.07) is 16.7. The van der Waals surface area contributed by atoms with Gasteiger partial charge in [0.2, 0.25) is 0 Å². The fourth-order valence-corrected chi connectivity index (χ4v) is 3.00. The van der Waals surface area contributed by atoms with Gasteiger partial charge in [-0.3, -0.25) is 4.79 Å². The maximum atomic E-state index is 12.4. The highest BCUT2D eigenvalue weighted by molar-refractivity contribution is 7.12. The summed E-state index contributed by atoms with van der Waals surface area (Å²) in [7, 11) is 0. The predicted octanol–water partition coefficient (Wildman–Crippen LogP) is 3.49. The average molecular weight is 324 g/mol. The Labute approximate surface area is 138 Å². The largest absolute Gasteiger partial charge is 0.508 e. The van der Waals surface area contributed by atoms with Gasteiger partial charge < -0.3 is 10.4 Å². The van der Waals surface area contributed by atoms with Crippen LogP contribution in [-0.4, -0.2) is 22.5 Å². The van der Waals surface area contributed by atoms with Crippen LogP contribution < -0.4 is 5.32 Å². The van der Waals surface area contributed by atoms with E-state index in [-0.39, 0.29) is 11.7 Å². The first-order valence-electron chi connectivity index (χ1n) is 7.29. The third kappa shape index (κ3) is 3.76. The van der Waals surface area contributed by atoms with Gasteiger partial charge in [0.05, 0.1) is 11.2 Å². The molecule has 0 aliphatic rings. The van der Waals surface area contributed by atoms with E-state index in [4.69, 9.17) is 0 Å². The van der Waals surface area contributed by atoms with Gasteiger partial charge in [0.15, 0.2) is 0 Å². The predicted molar refractivity (Wildman–Crippen MR) is 91.7 cm³/mol. The number of benzene rings is 2. The molecule has 3 aromatic rings. The fourth-order valence-electron chi connectivity index (χ4n) is 2.27. The van der Waals surface area contributed by atoms with Crippen molar-refractivity contribution >= 4 is 17.2 Å². The number of thiazole rings is 1. The van der Waals surface area contributed by atoms with Gasteiger partial charge in [0.1, 0.15) is 10.6 Å². The van der Waals surface area contributed by atoms with Crippen molar-refractivity contribution < 1.29 is 9.90 Å². The Balaban J connectivity index is 1.63. The molecule has 0 aliphatic heterocycles. The van der Waals surface area contributed by atoms with Crippen molar-refractivity contribution in [2.75, 3.05) is 6.54 Å². The molecule has 23 heavy (non-hydrogen) atoms. The molecule has 1 heterocycles. The lowest BCUT2D eigenvalue weighted by Gasteiger charge is -2.06. The van der Waals surface area contributed by atoms with Gasteiger partial charge in [-0.25, -0.2) is 4.98 Å². The molecule has 3 rings (SSSR count). The van der Waals surface area contributed by atoms with Gasteiger partial charge >= 0.3 is 0 Å². The molecule has 0 bridgehead atoms. The Morgan fingerprint density at radius 2 is 1.83 bits per heavy atom.